The van der Waals surface area contributed by atoms with Crippen molar-refractivity contribution >= 4 is 32.6 Å². The summed E-state index contributed by atoms with van der Waals surface area (Å²) >= 11 is -1.98. The molecule has 1 N–H and O–H groups in total. The largest absolute Gasteiger partial charge is 0.302 e. The molecule has 0 saturated carbocycles. The van der Waals surface area contributed by atoms with Gasteiger partial charge in [-0.1, -0.05) is 48.5 Å². The number of rotatable bonds is 1. The predicted molar refractivity (Wildman–Crippen MR) is 70.5 cm³/mol. The van der Waals surface area contributed by atoms with Crippen molar-refractivity contribution < 1.29 is 8.76 Å². The van der Waals surface area contributed by atoms with Crippen molar-refractivity contribution in [3.05, 3.63) is 54.6 Å². The Morgan fingerprint density at radius 2 is 1.29 bits per heavy atom. The van der Waals surface area contributed by atoms with E-state index in [1.54, 1.807) is 0 Å². The van der Waals surface area contributed by atoms with Gasteiger partial charge >= 0.3 is 0 Å². The van der Waals surface area contributed by atoms with Crippen LogP contribution in [0.15, 0.2) is 59.5 Å². The summed E-state index contributed by atoms with van der Waals surface area (Å²) < 4.78 is 21.0. The second-order valence-electron chi connectivity index (χ2n) is 3.90. The minimum Gasteiger partial charge on any atom is -0.302 e. The highest BCUT2D eigenvalue weighted by Crippen LogP contribution is 2.30. The van der Waals surface area contributed by atoms with Gasteiger partial charge in [-0.15, -0.1) is 0 Å². The maximum absolute atomic E-state index is 11.5. The van der Waals surface area contributed by atoms with E-state index in [0.717, 1.165) is 21.5 Å². The van der Waals surface area contributed by atoms with E-state index in [9.17, 15) is 8.76 Å². The topological polar surface area (TPSA) is 37.3 Å². The van der Waals surface area contributed by atoms with Crippen LogP contribution in [0, 0.1) is 0 Å². The number of fused-ring (bicyclic) bond motifs is 2. The van der Waals surface area contributed by atoms with Gasteiger partial charge in [0, 0.05) is 10.8 Å². The van der Waals surface area contributed by atoms with Crippen LogP contribution >= 0.6 is 0 Å². The van der Waals surface area contributed by atoms with E-state index >= 15 is 0 Å². The van der Waals surface area contributed by atoms with Crippen molar-refractivity contribution in [2.24, 2.45) is 0 Å². The molecule has 1 unspecified atom stereocenters. The van der Waals surface area contributed by atoms with E-state index in [0.29, 0.717) is 4.90 Å². The highest BCUT2D eigenvalue weighted by atomic mass is 32.2. The molecule has 0 radical (unpaired) electrons. The molecule has 0 aliphatic heterocycles. The van der Waals surface area contributed by atoms with Crippen molar-refractivity contribution in [1.82, 2.24) is 0 Å². The first-order valence-corrected chi connectivity index (χ1v) is 6.39. The van der Waals surface area contributed by atoms with Crippen LogP contribution in [0.2, 0.25) is 0 Å². The fourth-order valence-electron chi connectivity index (χ4n) is 2.16. The summed E-state index contributed by atoms with van der Waals surface area (Å²) in [4.78, 5) is 0.499. The summed E-state index contributed by atoms with van der Waals surface area (Å²) in [5, 5.41) is 3.66. The van der Waals surface area contributed by atoms with Crippen LogP contribution in [-0.2, 0) is 11.1 Å². The van der Waals surface area contributed by atoms with Crippen LogP contribution in [-0.4, -0.2) is 8.76 Å². The third kappa shape index (κ3) is 1.64. The van der Waals surface area contributed by atoms with Crippen LogP contribution < -0.4 is 0 Å². The van der Waals surface area contributed by atoms with Crippen molar-refractivity contribution in [2.45, 2.75) is 4.90 Å². The van der Waals surface area contributed by atoms with E-state index < -0.39 is 11.1 Å². The molecule has 2 nitrogen and oxygen atoms in total. The lowest BCUT2D eigenvalue weighted by Gasteiger charge is -2.07. The van der Waals surface area contributed by atoms with Gasteiger partial charge in [0.1, 0.15) is 0 Å². The SMILES string of the molecule is O=S(O)c1c2ccccc2cc2ccccc12. The molecular weight excluding hydrogens is 232 g/mol. The molecule has 0 aromatic heterocycles. The van der Waals surface area contributed by atoms with Gasteiger partial charge in [0.2, 0.25) is 0 Å². The highest BCUT2D eigenvalue weighted by molar-refractivity contribution is 7.79. The number of benzene rings is 3. The highest BCUT2D eigenvalue weighted by Gasteiger charge is 2.11. The van der Waals surface area contributed by atoms with E-state index in [1.165, 1.54) is 0 Å². The maximum atomic E-state index is 11.5. The molecule has 0 spiro atoms. The van der Waals surface area contributed by atoms with Gasteiger partial charge < -0.3 is 4.55 Å². The molecule has 0 aliphatic carbocycles. The number of hydrogen-bond donors (Lipinski definition) is 1. The summed E-state index contributed by atoms with van der Waals surface area (Å²) in [6.45, 7) is 0. The smallest absolute Gasteiger partial charge is 0.187 e. The second kappa shape index (κ2) is 3.95. The molecule has 3 aromatic carbocycles. The molecule has 0 amide bonds. The molecular formula is C14H10O2S. The summed E-state index contributed by atoms with van der Waals surface area (Å²) in [5.74, 6) is 0. The van der Waals surface area contributed by atoms with Gasteiger partial charge in [0.15, 0.2) is 11.1 Å². The van der Waals surface area contributed by atoms with Crippen LogP contribution in [0.5, 0.6) is 0 Å². The average Bonchev–Trinajstić information content (AvgIpc) is 2.35. The Morgan fingerprint density at radius 3 is 1.76 bits per heavy atom. The third-order valence-electron chi connectivity index (χ3n) is 2.90. The molecule has 1 atom stereocenters. The lowest BCUT2D eigenvalue weighted by Crippen LogP contribution is -1.92. The fourth-order valence-corrected chi connectivity index (χ4v) is 2.91. The van der Waals surface area contributed by atoms with E-state index in [4.69, 9.17) is 0 Å². The zero-order valence-corrected chi connectivity index (χ0v) is 9.78. The van der Waals surface area contributed by atoms with Gasteiger partial charge in [-0.2, -0.15) is 0 Å². The molecule has 0 saturated heterocycles. The zero-order chi connectivity index (χ0) is 11.8. The van der Waals surface area contributed by atoms with Gasteiger partial charge in [-0.25, -0.2) is 4.21 Å². The van der Waals surface area contributed by atoms with Crippen LogP contribution in [0.25, 0.3) is 21.5 Å². The monoisotopic (exact) mass is 242 g/mol. The summed E-state index contributed by atoms with van der Waals surface area (Å²) in [6, 6.07) is 17.3. The lowest BCUT2D eigenvalue weighted by molar-refractivity contribution is 0.566. The fraction of sp³-hybridized carbons (Fsp3) is 0. The molecule has 3 heteroatoms. The Hall–Kier alpha value is -1.71. The molecule has 0 heterocycles. The van der Waals surface area contributed by atoms with Gasteiger partial charge in [-0.05, 0) is 16.8 Å². The Labute approximate surface area is 101 Å². The normalized spacial score (nSPS) is 13.0. The zero-order valence-electron chi connectivity index (χ0n) is 8.96. The maximum Gasteiger partial charge on any atom is 0.187 e. The number of hydrogen-bond acceptors (Lipinski definition) is 1. The van der Waals surface area contributed by atoms with Crippen molar-refractivity contribution in [2.75, 3.05) is 0 Å². The van der Waals surface area contributed by atoms with Crippen LogP contribution in [0.1, 0.15) is 0 Å². The van der Waals surface area contributed by atoms with E-state index in [1.807, 2.05) is 54.6 Å². The summed E-state index contributed by atoms with van der Waals surface area (Å²) in [6.07, 6.45) is 0. The quantitative estimate of drug-likeness (QED) is 0.523. The Morgan fingerprint density at radius 1 is 0.824 bits per heavy atom. The first-order chi connectivity index (χ1) is 8.27. The molecule has 0 aliphatic rings. The van der Waals surface area contributed by atoms with Gasteiger partial charge in [-0.3, -0.25) is 0 Å². The minimum absolute atomic E-state index is 0.499. The van der Waals surface area contributed by atoms with Crippen molar-refractivity contribution in [3.63, 3.8) is 0 Å². The Bertz CT molecular complexity index is 680. The Balaban J connectivity index is 2.61. The first kappa shape index (κ1) is 10.4. The third-order valence-corrected chi connectivity index (χ3v) is 3.69. The predicted octanol–water partition coefficient (Wildman–Crippen LogP) is 3.57. The summed E-state index contributed by atoms with van der Waals surface area (Å²) in [7, 11) is 0. The molecule has 84 valence electrons. The molecule has 3 rings (SSSR count). The summed E-state index contributed by atoms with van der Waals surface area (Å²) in [5.41, 5.74) is 0. The molecule has 0 bridgehead atoms. The van der Waals surface area contributed by atoms with Gasteiger partial charge in [0.05, 0.1) is 4.90 Å². The second-order valence-corrected chi connectivity index (χ2v) is 4.80. The average molecular weight is 242 g/mol. The van der Waals surface area contributed by atoms with Crippen molar-refractivity contribution in [3.8, 4) is 0 Å². The van der Waals surface area contributed by atoms with Crippen LogP contribution in [0.4, 0.5) is 0 Å². The molecule has 0 fully saturated rings. The van der Waals surface area contributed by atoms with Crippen LogP contribution in [0.3, 0.4) is 0 Å². The van der Waals surface area contributed by atoms with E-state index in [2.05, 4.69) is 0 Å². The van der Waals surface area contributed by atoms with Gasteiger partial charge in [0.25, 0.3) is 0 Å². The first-order valence-electron chi connectivity index (χ1n) is 5.29. The lowest BCUT2D eigenvalue weighted by atomic mass is 10.0. The van der Waals surface area contributed by atoms with Crippen molar-refractivity contribution in [1.29, 1.82) is 0 Å². The standard InChI is InChI=1S/C14H10O2S/c15-17(16)14-12-7-3-1-5-10(12)9-11-6-2-4-8-13(11)14/h1-9H,(H,15,16). The molecule has 17 heavy (non-hydrogen) atoms. The molecule has 3 aromatic rings. The van der Waals surface area contributed by atoms with E-state index in [-0.39, 0.29) is 0 Å². The minimum atomic E-state index is -1.98. The Kier molecular flexibility index (Phi) is 2.42.